The van der Waals surface area contributed by atoms with Gasteiger partial charge < -0.3 is 15.7 Å². The maximum absolute atomic E-state index is 12.0. The van der Waals surface area contributed by atoms with E-state index in [0.717, 1.165) is 23.6 Å². The van der Waals surface area contributed by atoms with Crippen LogP contribution in [0.4, 0.5) is 0 Å². The topological polar surface area (TPSA) is 61.4 Å². The summed E-state index contributed by atoms with van der Waals surface area (Å²) in [4.78, 5) is 12.0. The standard InChI is InChI=1S/C13H18N2O2S/c16-8-11(10-4-2-1-3-5-10)15-13(17)12-9-18-7-6-14-12/h1-5,11-12,14,16H,6-9H2,(H,15,17)/t11-,12?/m0/s1. The van der Waals surface area contributed by atoms with Gasteiger partial charge >= 0.3 is 0 Å². The van der Waals surface area contributed by atoms with E-state index in [2.05, 4.69) is 10.6 Å². The fourth-order valence-corrected chi connectivity index (χ4v) is 2.86. The minimum absolute atomic E-state index is 0.0369. The molecule has 0 bridgehead atoms. The SMILES string of the molecule is O=C(N[C@@H](CO)c1ccccc1)C1CSCCN1. The van der Waals surface area contributed by atoms with E-state index in [1.165, 1.54) is 0 Å². The fraction of sp³-hybridized carbons (Fsp3) is 0.462. The minimum atomic E-state index is -0.326. The van der Waals surface area contributed by atoms with Crippen molar-refractivity contribution in [1.82, 2.24) is 10.6 Å². The monoisotopic (exact) mass is 266 g/mol. The number of nitrogens with one attached hydrogen (secondary N) is 2. The van der Waals surface area contributed by atoms with E-state index in [4.69, 9.17) is 0 Å². The van der Waals surface area contributed by atoms with Crippen molar-refractivity contribution in [3.63, 3.8) is 0 Å². The molecule has 0 aliphatic carbocycles. The molecule has 2 atom stereocenters. The normalized spacial score (nSPS) is 21.3. The lowest BCUT2D eigenvalue weighted by Crippen LogP contribution is -2.50. The van der Waals surface area contributed by atoms with Crippen molar-refractivity contribution in [2.45, 2.75) is 12.1 Å². The van der Waals surface area contributed by atoms with Gasteiger partial charge in [0.1, 0.15) is 0 Å². The summed E-state index contributed by atoms with van der Waals surface area (Å²) in [6.45, 7) is 0.771. The van der Waals surface area contributed by atoms with Crippen LogP contribution in [0.25, 0.3) is 0 Å². The van der Waals surface area contributed by atoms with Crippen LogP contribution in [0, 0.1) is 0 Å². The summed E-state index contributed by atoms with van der Waals surface area (Å²) in [5.74, 6) is 1.80. The highest BCUT2D eigenvalue weighted by molar-refractivity contribution is 7.99. The largest absolute Gasteiger partial charge is 0.394 e. The Morgan fingerprint density at radius 3 is 2.89 bits per heavy atom. The Labute approximate surface area is 111 Å². The van der Waals surface area contributed by atoms with Crippen LogP contribution in [0.15, 0.2) is 30.3 Å². The molecule has 0 spiro atoms. The van der Waals surface area contributed by atoms with Gasteiger partial charge in [0, 0.05) is 18.1 Å². The molecule has 0 aromatic heterocycles. The van der Waals surface area contributed by atoms with Crippen molar-refractivity contribution in [1.29, 1.82) is 0 Å². The second-order valence-corrected chi connectivity index (χ2v) is 5.39. The lowest BCUT2D eigenvalue weighted by molar-refractivity contribution is -0.123. The van der Waals surface area contributed by atoms with Crippen LogP contribution in [-0.2, 0) is 4.79 Å². The van der Waals surface area contributed by atoms with Gasteiger partial charge in [-0.15, -0.1) is 0 Å². The van der Waals surface area contributed by atoms with E-state index in [1.54, 1.807) is 11.8 Å². The molecule has 1 aliphatic rings. The first-order valence-electron chi connectivity index (χ1n) is 6.08. The molecule has 0 saturated carbocycles. The summed E-state index contributed by atoms with van der Waals surface area (Å²) in [5.41, 5.74) is 0.928. The zero-order valence-corrected chi connectivity index (χ0v) is 11.0. The molecule has 1 amide bonds. The highest BCUT2D eigenvalue weighted by atomic mass is 32.2. The second-order valence-electron chi connectivity index (χ2n) is 4.24. The van der Waals surface area contributed by atoms with E-state index in [0.29, 0.717) is 0 Å². The number of amides is 1. The maximum Gasteiger partial charge on any atom is 0.238 e. The number of thioether (sulfide) groups is 1. The Bertz CT molecular complexity index is 380. The predicted octanol–water partition coefficient (Wildman–Crippen LogP) is 0.541. The molecule has 98 valence electrons. The van der Waals surface area contributed by atoms with E-state index in [-0.39, 0.29) is 24.6 Å². The summed E-state index contributed by atoms with van der Waals surface area (Å²) in [5, 5.41) is 15.5. The Morgan fingerprint density at radius 2 is 2.28 bits per heavy atom. The number of benzene rings is 1. The zero-order valence-electron chi connectivity index (χ0n) is 10.1. The quantitative estimate of drug-likeness (QED) is 0.744. The summed E-state index contributed by atoms with van der Waals surface area (Å²) < 4.78 is 0. The van der Waals surface area contributed by atoms with Crippen molar-refractivity contribution in [2.24, 2.45) is 0 Å². The van der Waals surface area contributed by atoms with Crippen LogP contribution in [0.5, 0.6) is 0 Å². The molecule has 1 saturated heterocycles. The van der Waals surface area contributed by atoms with E-state index >= 15 is 0 Å². The molecule has 1 heterocycles. The van der Waals surface area contributed by atoms with Gasteiger partial charge in [0.05, 0.1) is 18.7 Å². The number of aliphatic hydroxyl groups excluding tert-OH is 1. The molecule has 2 rings (SSSR count). The molecule has 4 nitrogen and oxygen atoms in total. The Balaban J connectivity index is 1.95. The van der Waals surface area contributed by atoms with E-state index < -0.39 is 0 Å². The van der Waals surface area contributed by atoms with Crippen LogP contribution in [0.2, 0.25) is 0 Å². The average Bonchev–Trinajstić information content (AvgIpc) is 2.46. The van der Waals surface area contributed by atoms with Gasteiger partial charge in [-0.25, -0.2) is 0 Å². The Kier molecular flexibility index (Phi) is 5.04. The van der Waals surface area contributed by atoms with Gasteiger partial charge in [0.25, 0.3) is 0 Å². The molecule has 18 heavy (non-hydrogen) atoms. The van der Waals surface area contributed by atoms with Crippen LogP contribution >= 0.6 is 11.8 Å². The van der Waals surface area contributed by atoms with E-state index in [1.807, 2.05) is 30.3 Å². The molecule has 1 aliphatic heterocycles. The molecule has 1 unspecified atom stereocenters. The van der Waals surface area contributed by atoms with Gasteiger partial charge in [-0.1, -0.05) is 30.3 Å². The van der Waals surface area contributed by atoms with Crippen LogP contribution in [0.1, 0.15) is 11.6 Å². The first-order valence-corrected chi connectivity index (χ1v) is 7.24. The highest BCUT2D eigenvalue weighted by Crippen LogP contribution is 2.13. The number of hydrogen-bond donors (Lipinski definition) is 3. The van der Waals surface area contributed by atoms with Gasteiger partial charge in [0.15, 0.2) is 0 Å². The predicted molar refractivity (Wildman–Crippen MR) is 73.5 cm³/mol. The molecule has 1 aromatic carbocycles. The third-order valence-electron chi connectivity index (χ3n) is 2.94. The van der Waals surface area contributed by atoms with Crippen molar-refractivity contribution in [2.75, 3.05) is 24.7 Å². The summed E-state index contributed by atoms with van der Waals surface area (Å²) in [6, 6.07) is 9.06. The lowest BCUT2D eigenvalue weighted by Gasteiger charge is -2.25. The van der Waals surface area contributed by atoms with Crippen molar-refractivity contribution < 1.29 is 9.90 Å². The average molecular weight is 266 g/mol. The fourth-order valence-electron chi connectivity index (χ4n) is 1.93. The molecular formula is C13H18N2O2S. The van der Waals surface area contributed by atoms with Gasteiger partial charge in [-0.3, -0.25) is 4.79 Å². The van der Waals surface area contributed by atoms with Crippen LogP contribution < -0.4 is 10.6 Å². The smallest absolute Gasteiger partial charge is 0.238 e. The van der Waals surface area contributed by atoms with Gasteiger partial charge in [-0.05, 0) is 5.56 Å². The summed E-state index contributed by atoms with van der Waals surface area (Å²) in [6.07, 6.45) is 0. The van der Waals surface area contributed by atoms with Crippen molar-refractivity contribution in [3.8, 4) is 0 Å². The second kappa shape index (κ2) is 6.78. The first kappa shape index (κ1) is 13.4. The first-order chi connectivity index (χ1) is 8.81. The van der Waals surface area contributed by atoms with Crippen LogP contribution in [-0.4, -0.2) is 41.7 Å². The number of hydrogen-bond acceptors (Lipinski definition) is 4. The molecular weight excluding hydrogens is 248 g/mol. The molecule has 1 fully saturated rings. The lowest BCUT2D eigenvalue weighted by atomic mass is 10.1. The van der Waals surface area contributed by atoms with Crippen molar-refractivity contribution >= 4 is 17.7 Å². The molecule has 5 heteroatoms. The Hall–Kier alpha value is -1.04. The third kappa shape index (κ3) is 3.48. The highest BCUT2D eigenvalue weighted by Gasteiger charge is 2.23. The maximum atomic E-state index is 12.0. The molecule has 1 aromatic rings. The number of aliphatic hydroxyl groups is 1. The number of rotatable bonds is 4. The number of carbonyl (C=O) groups is 1. The van der Waals surface area contributed by atoms with Gasteiger partial charge in [0.2, 0.25) is 5.91 Å². The van der Waals surface area contributed by atoms with E-state index in [9.17, 15) is 9.90 Å². The van der Waals surface area contributed by atoms with Gasteiger partial charge in [-0.2, -0.15) is 11.8 Å². The Morgan fingerprint density at radius 1 is 1.50 bits per heavy atom. The summed E-state index contributed by atoms with van der Waals surface area (Å²) in [7, 11) is 0. The third-order valence-corrected chi connectivity index (χ3v) is 4.00. The van der Waals surface area contributed by atoms with Crippen molar-refractivity contribution in [3.05, 3.63) is 35.9 Å². The summed E-state index contributed by atoms with van der Waals surface area (Å²) >= 11 is 1.78. The number of carbonyl (C=O) groups excluding carboxylic acids is 1. The molecule has 3 N–H and O–H groups in total. The van der Waals surface area contributed by atoms with Crippen LogP contribution in [0.3, 0.4) is 0 Å². The molecule has 0 radical (unpaired) electrons. The minimum Gasteiger partial charge on any atom is -0.394 e. The zero-order chi connectivity index (χ0) is 12.8.